The van der Waals surface area contributed by atoms with Crippen molar-refractivity contribution in [3.05, 3.63) is 53.6 Å². The van der Waals surface area contributed by atoms with Gasteiger partial charge in [-0.1, -0.05) is 12.1 Å². The first-order chi connectivity index (χ1) is 12.5. The van der Waals surface area contributed by atoms with Crippen molar-refractivity contribution in [1.82, 2.24) is 4.72 Å². The van der Waals surface area contributed by atoms with Crippen LogP contribution in [0.25, 0.3) is 0 Å². The van der Waals surface area contributed by atoms with E-state index in [-0.39, 0.29) is 17.4 Å². The molecule has 0 spiro atoms. The molecule has 0 radical (unpaired) electrons. The van der Waals surface area contributed by atoms with Crippen LogP contribution in [0.2, 0.25) is 0 Å². The van der Waals surface area contributed by atoms with Crippen molar-refractivity contribution < 1.29 is 17.9 Å². The Hall–Kier alpha value is -2.38. The van der Waals surface area contributed by atoms with E-state index in [1.807, 2.05) is 26.0 Å². The lowest BCUT2D eigenvalue weighted by Gasteiger charge is -2.20. The maximum absolute atomic E-state index is 12.4. The highest BCUT2D eigenvalue weighted by Gasteiger charge is 2.22. The fourth-order valence-corrected chi connectivity index (χ4v) is 3.82. The van der Waals surface area contributed by atoms with Gasteiger partial charge in [0.2, 0.25) is 10.0 Å². The minimum absolute atomic E-state index is 0.0882. The summed E-state index contributed by atoms with van der Waals surface area (Å²) in [7, 11) is -3.67. The molecule has 7 heteroatoms. The molecule has 0 saturated carbocycles. The zero-order valence-electron chi connectivity index (χ0n) is 16.3. The average Bonchev–Trinajstić information content (AvgIpc) is 2.54. The molecule has 0 unspecified atom stereocenters. The quantitative estimate of drug-likeness (QED) is 0.792. The monoisotopic (exact) mass is 390 g/mol. The van der Waals surface area contributed by atoms with E-state index in [4.69, 9.17) is 4.74 Å². The number of aryl methyl sites for hydroxylation is 2. The van der Waals surface area contributed by atoms with E-state index >= 15 is 0 Å². The summed E-state index contributed by atoms with van der Waals surface area (Å²) in [6, 6.07) is 11.7. The van der Waals surface area contributed by atoms with Crippen LogP contribution in [0.5, 0.6) is 5.75 Å². The number of ether oxygens (including phenoxy) is 1. The molecule has 0 bridgehead atoms. The summed E-state index contributed by atoms with van der Waals surface area (Å²) >= 11 is 0. The molecule has 1 amide bonds. The minimum Gasteiger partial charge on any atom is -0.484 e. The predicted octanol–water partition coefficient (Wildman–Crippen LogP) is 3.40. The molecule has 6 nitrogen and oxygen atoms in total. The topological polar surface area (TPSA) is 84.5 Å². The average molecular weight is 391 g/mol. The molecule has 0 saturated heterocycles. The van der Waals surface area contributed by atoms with E-state index in [9.17, 15) is 13.2 Å². The first-order valence-electron chi connectivity index (χ1n) is 8.60. The Morgan fingerprint density at radius 1 is 1.04 bits per heavy atom. The van der Waals surface area contributed by atoms with Crippen LogP contribution < -0.4 is 14.8 Å². The maximum Gasteiger partial charge on any atom is 0.262 e. The van der Waals surface area contributed by atoms with Crippen molar-refractivity contribution >= 4 is 21.6 Å². The standard InChI is InChI=1S/C20H26N2O4S/c1-14-9-10-17(11-15(14)2)26-13-19(23)21-16-7-6-8-18(12-16)27(24,25)22-20(3,4)5/h6-12,22H,13H2,1-5H3,(H,21,23). The summed E-state index contributed by atoms with van der Waals surface area (Å²) in [5.74, 6) is 0.241. The molecular formula is C20H26N2O4S. The third-order valence-electron chi connectivity index (χ3n) is 3.72. The Bertz CT molecular complexity index is 931. The van der Waals surface area contributed by atoms with Gasteiger partial charge in [-0.3, -0.25) is 4.79 Å². The fourth-order valence-electron chi connectivity index (χ4n) is 2.35. The van der Waals surface area contributed by atoms with Crippen molar-refractivity contribution in [3.63, 3.8) is 0 Å². The number of hydrogen-bond acceptors (Lipinski definition) is 4. The summed E-state index contributed by atoms with van der Waals surface area (Å²) < 4.78 is 32.9. The van der Waals surface area contributed by atoms with Gasteiger partial charge >= 0.3 is 0 Å². The number of nitrogens with one attached hydrogen (secondary N) is 2. The van der Waals surface area contributed by atoms with Crippen LogP contribution in [-0.2, 0) is 14.8 Å². The van der Waals surface area contributed by atoms with Crippen LogP contribution in [0.15, 0.2) is 47.4 Å². The van der Waals surface area contributed by atoms with Gasteiger partial charge in [-0.15, -0.1) is 0 Å². The number of carbonyl (C=O) groups excluding carboxylic acids is 1. The second-order valence-corrected chi connectivity index (χ2v) is 9.15. The van der Waals surface area contributed by atoms with E-state index in [0.717, 1.165) is 11.1 Å². The van der Waals surface area contributed by atoms with E-state index in [2.05, 4.69) is 10.0 Å². The van der Waals surface area contributed by atoms with Gasteiger partial charge in [0.1, 0.15) is 5.75 Å². The number of anilines is 1. The molecule has 2 aromatic rings. The van der Waals surface area contributed by atoms with Gasteiger partial charge in [-0.25, -0.2) is 13.1 Å². The summed E-state index contributed by atoms with van der Waals surface area (Å²) in [5.41, 5.74) is 2.02. The molecule has 0 atom stereocenters. The SMILES string of the molecule is Cc1ccc(OCC(=O)Nc2cccc(S(=O)(=O)NC(C)(C)C)c2)cc1C. The highest BCUT2D eigenvalue weighted by molar-refractivity contribution is 7.89. The molecular weight excluding hydrogens is 364 g/mol. The van der Waals surface area contributed by atoms with Gasteiger partial charge in [0.15, 0.2) is 6.61 Å². The summed E-state index contributed by atoms with van der Waals surface area (Å²) in [6.07, 6.45) is 0. The molecule has 0 aliphatic carbocycles. The van der Waals surface area contributed by atoms with Crippen LogP contribution in [-0.4, -0.2) is 26.5 Å². The van der Waals surface area contributed by atoms with Gasteiger partial charge in [0, 0.05) is 11.2 Å². The van der Waals surface area contributed by atoms with E-state index in [1.165, 1.54) is 12.1 Å². The van der Waals surface area contributed by atoms with E-state index < -0.39 is 15.6 Å². The molecule has 2 N–H and O–H groups in total. The predicted molar refractivity (Wildman–Crippen MR) is 107 cm³/mol. The molecule has 0 heterocycles. The lowest BCUT2D eigenvalue weighted by molar-refractivity contribution is -0.118. The van der Waals surface area contributed by atoms with Crippen molar-refractivity contribution in [2.75, 3.05) is 11.9 Å². The highest BCUT2D eigenvalue weighted by atomic mass is 32.2. The van der Waals surface area contributed by atoms with Crippen molar-refractivity contribution in [2.45, 2.75) is 45.1 Å². The Morgan fingerprint density at radius 3 is 2.37 bits per heavy atom. The second-order valence-electron chi connectivity index (χ2n) is 7.47. The Balaban J connectivity index is 2.03. The zero-order chi connectivity index (χ0) is 20.2. The lowest BCUT2D eigenvalue weighted by atomic mass is 10.1. The largest absolute Gasteiger partial charge is 0.484 e. The molecule has 146 valence electrons. The molecule has 2 aromatic carbocycles. The van der Waals surface area contributed by atoms with Gasteiger partial charge in [-0.05, 0) is 76.1 Å². The summed E-state index contributed by atoms with van der Waals surface area (Å²) in [4.78, 5) is 12.2. The number of carbonyl (C=O) groups is 1. The fraction of sp³-hybridized carbons (Fsp3) is 0.350. The molecule has 0 aliphatic rings. The van der Waals surface area contributed by atoms with Crippen molar-refractivity contribution in [3.8, 4) is 5.75 Å². The minimum atomic E-state index is -3.67. The van der Waals surface area contributed by atoms with Gasteiger partial charge in [-0.2, -0.15) is 0 Å². The second kappa shape index (κ2) is 8.10. The number of rotatable bonds is 6. The summed E-state index contributed by atoms with van der Waals surface area (Å²) in [5, 5.41) is 2.66. The first-order valence-corrected chi connectivity index (χ1v) is 10.1. The van der Waals surface area contributed by atoms with Gasteiger partial charge in [0.25, 0.3) is 5.91 Å². The number of benzene rings is 2. The Labute approximate surface area is 161 Å². The van der Waals surface area contributed by atoms with E-state index in [0.29, 0.717) is 11.4 Å². The summed E-state index contributed by atoms with van der Waals surface area (Å²) in [6.45, 7) is 9.10. The third-order valence-corrected chi connectivity index (χ3v) is 5.47. The molecule has 2 rings (SSSR count). The van der Waals surface area contributed by atoms with Crippen LogP contribution in [0.3, 0.4) is 0 Å². The molecule has 27 heavy (non-hydrogen) atoms. The molecule has 0 fully saturated rings. The van der Waals surface area contributed by atoms with Crippen molar-refractivity contribution in [1.29, 1.82) is 0 Å². The van der Waals surface area contributed by atoms with Gasteiger partial charge < -0.3 is 10.1 Å². The van der Waals surface area contributed by atoms with Crippen molar-refractivity contribution in [2.24, 2.45) is 0 Å². The number of sulfonamides is 1. The molecule has 0 aromatic heterocycles. The Kier molecular flexibility index (Phi) is 6.28. The van der Waals surface area contributed by atoms with Gasteiger partial charge in [0.05, 0.1) is 4.90 Å². The molecule has 0 aliphatic heterocycles. The Morgan fingerprint density at radius 2 is 1.74 bits per heavy atom. The third kappa shape index (κ3) is 6.37. The normalized spacial score (nSPS) is 11.9. The van der Waals surface area contributed by atoms with Crippen LogP contribution in [0.4, 0.5) is 5.69 Å². The van der Waals surface area contributed by atoms with Crippen LogP contribution in [0, 0.1) is 13.8 Å². The first kappa shape index (κ1) is 20.9. The van der Waals surface area contributed by atoms with Crippen LogP contribution in [0.1, 0.15) is 31.9 Å². The van der Waals surface area contributed by atoms with Crippen LogP contribution >= 0.6 is 0 Å². The number of amides is 1. The lowest BCUT2D eigenvalue weighted by Crippen LogP contribution is -2.40. The highest BCUT2D eigenvalue weighted by Crippen LogP contribution is 2.18. The zero-order valence-corrected chi connectivity index (χ0v) is 17.1. The maximum atomic E-state index is 12.4. The smallest absolute Gasteiger partial charge is 0.262 e. The van der Waals surface area contributed by atoms with E-state index in [1.54, 1.807) is 39.0 Å². The number of hydrogen-bond donors (Lipinski definition) is 2.